The molecule has 0 aromatic rings. The Kier molecular flexibility index (Phi) is 5.51. The van der Waals surface area contributed by atoms with E-state index in [2.05, 4.69) is 0 Å². The highest BCUT2D eigenvalue weighted by atomic mass is 16.2. The fourth-order valence-corrected chi connectivity index (χ4v) is 1.35. The predicted molar refractivity (Wildman–Crippen MR) is 60.0 cm³/mol. The van der Waals surface area contributed by atoms with Gasteiger partial charge in [0.15, 0.2) is 0 Å². The molecule has 0 aromatic carbocycles. The van der Waals surface area contributed by atoms with Gasteiger partial charge >= 0.3 is 0 Å². The van der Waals surface area contributed by atoms with Crippen LogP contribution in [0.3, 0.4) is 0 Å². The van der Waals surface area contributed by atoms with E-state index in [0.717, 1.165) is 0 Å². The molecule has 0 aliphatic rings. The van der Waals surface area contributed by atoms with Crippen molar-refractivity contribution in [3.63, 3.8) is 0 Å². The monoisotopic (exact) mass is 225 g/mol. The topological polar surface area (TPSA) is 87.2 Å². The van der Waals surface area contributed by atoms with Crippen molar-refractivity contribution in [2.45, 2.75) is 33.7 Å². The largest absolute Gasteiger partial charge is 0.368 e. The Morgan fingerprint density at radius 1 is 1.31 bits per heavy atom. The number of hydrogen-bond acceptors (Lipinski definition) is 3. The fraction of sp³-hybridized carbons (Fsp3) is 0.727. The molecule has 2 N–H and O–H groups in total. The first-order chi connectivity index (χ1) is 7.31. The molecule has 0 bridgehead atoms. The molecule has 0 saturated carbocycles. The second-order valence-electron chi connectivity index (χ2n) is 4.38. The van der Waals surface area contributed by atoms with E-state index in [4.69, 9.17) is 11.0 Å². The molecular weight excluding hydrogens is 206 g/mol. The number of nitrogens with zero attached hydrogens (tertiary/aromatic N) is 2. The summed E-state index contributed by atoms with van der Waals surface area (Å²) in [5.41, 5.74) is 5.07. The van der Waals surface area contributed by atoms with E-state index >= 15 is 0 Å². The summed E-state index contributed by atoms with van der Waals surface area (Å²) in [6, 6.07) is 1.82. The molecule has 2 amide bonds. The van der Waals surface area contributed by atoms with Crippen molar-refractivity contribution >= 4 is 11.8 Å². The van der Waals surface area contributed by atoms with Gasteiger partial charge in [-0.05, 0) is 19.8 Å². The number of nitriles is 1. The maximum atomic E-state index is 12.0. The zero-order valence-electron chi connectivity index (χ0n) is 10.2. The highest BCUT2D eigenvalue weighted by Gasteiger charge is 2.29. The third-order valence-electron chi connectivity index (χ3n) is 2.30. The molecule has 16 heavy (non-hydrogen) atoms. The Morgan fingerprint density at radius 3 is 2.06 bits per heavy atom. The summed E-state index contributed by atoms with van der Waals surface area (Å²) >= 11 is 0. The molecule has 0 spiro atoms. The van der Waals surface area contributed by atoms with E-state index in [1.807, 2.05) is 6.07 Å². The third-order valence-corrected chi connectivity index (χ3v) is 2.30. The minimum atomic E-state index is -0.721. The molecule has 0 saturated heterocycles. The van der Waals surface area contributed by atoms with Crippen molar-refractivity contribution in [3.05, 3.63) is 0 Å². The van der Waals surface area contributed by atoms with Crippen LogP contribution in [0.25, 0.3) is 0 Å². The summed E-state index contributed by atoms with van der Waals surface area (Å²) < 4.78 is 0. The van der Waals surface area contributed by atoms with Gasteiger partial charge < -0.3 is 10.6 Å². The number of carbonyl (C=O) groups is 2. The molecule has 0 radical (unpaired) electrons. The first-order valence-electron chi connectivity index (χ1n) is 5.29. The third kappa shape index (κ3) is 3.89. The fourth-order valence-electron chi connectivity index (χ4n) is 1.35. The lowest BCUT2D eigenvalue weighted by Gasteiger charge is -2.28. The van der Waals surface area contributed by atoms with Gasteiger partial charge in [0.1, 0.15) is 5.92 Å². The molecular formula is C11H19N3O2. The lowest BCUT2D eigenvalue weighted by atomic mass is 9.95. The Morgan fingerprint density at radius 2 is 1.81 bits per heavy atom. The molecule has 5 heteroatoms. The molecule has 0 aromatic heterocycles. The van der Waals surface area contributed by atoms with Gasteiger partial charge in [-0.1, -0.05) is 13.8 Å². The molecule has 0 heterocycles. The first kappa shape index (κ1) is 14.4. The van der Waals surface area contributed by atoms with Crippen molar-refractivity contribution in [2.75, 3.05) is 6.54 Å². The van der Waals surface area contributed by atoms with Gasteiger partial charge in [-0.25, -0.2) is 0 Å². The van der Waals surface area contributed by atoms with Crippen molar-refractivity contribution < 1.29 is 9.59 Å². The summed E-state index contributed by atoms with van der Waals surface area (Å²) in [7, 11) is 0. The Balaban J connectivity index is 4.87. The Labute approximate surface area is 96.2 Å². The average molecular weight is 225 g/mol. The van der Waals surface area contributed by atoms with Crippen LogP contribution in [0, 0.1) is 23.2 Å². The molecule has 90 valence electrons. The number of amides is 2. The van der Waals surface area contributed by atoms with Gasteiger partial charge in [-0.2, -0.15) is 5.26 Å². The van der Waals surface area contributed by atoms with Crippen LogP contribution >= 0.6 is 0 Å². The second kappa shape index (κ2) is 6.11. The number of hydrogen-bond donors (Lipinski definition) is 1. The Hall–Kier alpha value is -1.57. The van der Waals surface area contributed by atoms with Gasteiger partial charge in [0.2, 0.25) is 11.8 Å². The molecule has 1 unspecified atom stereocenters. The molecule has 0 aliphatic carbocycles. The normalized spacial score (nSPS) is 12.3. The van der Waals surface area contributed by atoms with Crippen molar-refractivity contribution in [2.24, 2.45) is 17.6 Å². The summed E-state index contributed by atoms with van der Waals surface area (Å²) in [6.45, 7) is 7.04. The van der Waals surface area contributed by atoms with E-state index in [0.29, 0.717) is 0 Å². The smallest absolute Gasteiger partial charge is 0.240 e. The maximum absolute atomic E-state index is 12.0. The number of carbonyl (C=O) groups excluding carboxylic acids is 2. The van der Waals surface area contributed by atoms with Crippen LogP contribution in [-0.4, -0.2) is 29.3 Å². The highest BCUT2D eigenvalue weighted by Crippen LogP contribution is 2.15. The summed E-state index contributed by atoms with van der Waals surface area (Å²) in [5, 5.41) is 8.92. The van der Waals surface area contributed by atoms with Gasteiger partial charge in [-0.15, -0.1) is 0 Å². The Bertz CT molecular complexity index is 305. The average Bonchev–Trinajstić information content (AvgIpc) is 2.13. The summed E-state index contributed by atoms with van der Waals surface area (Å²) in [6.07, 6.45) is 0. The van der Waals surface area contributed by atoms with Crippen LogP contribution in [0.1, 0.15) is 27.7 Å². The summed E-state index contributed by atoms with van der Waals surface area (Å²) in [5.74, 6) is -1.69. The minimum Gasteiger partial charge on any atom is -0.368 e. The predicted octanol–water partition coefficient (Wildman–Crippen LogP) is 0.504. The van der Waals surface area contributed by atoms with Crippen molar-refractivity contribution in [1.29, 1.82) is 5.26 Å². The number of rotatable bonds is 5. The first-order valence-corrected chi connectivity index (χ1v) is 5.29. The molecule has 0 aliphatic heterocycles. The zero-order valence-corrected chi connectivity index (χ0v) is 10.2. The van der Waals surface area contributed by atoms with E-state index in [1.165, 1.54) is 4.90 Å². The SMILES string of the molecule is CC(C)C(C#N)C(=O)N(CC(N)=O)C(C)C. The van der Waals surface area contributed by atoms with Crippen molar-refractivity contribution in [3.8, 4) is 6.07 Å². The van der Waals surface area contributed by atoms with E-state index in [1.54, 1.807) is 27.7 Å². The van der Waals surface area contributed by atoms with Crippen LogP contribution in [0.4, 0.5) is 0 Å². The highest BCUT2D eigenvalue weighted by molar-refractivity contribution is 5.86. The standard InChI is InChI=1S/C11H19N3O2/c1-7(2)9(5-12)11(16)14(8(3)4)6-10(13)15/h7-9H,6H2,1-4H3,(H2,13,15). The van der Waals surface area contributed by atoms with Gasteiger partial charge in [0.25, 0.3) is 0 Å². The molecule has 0 fully saturated rings. The maximum Gasteiger partial charge on any atom is 0.240 e. The van der Waals surface area contributed by atoms with Gasteiger partial charge in [0.05, 0.1) is 12.6 Å². The van der Waals surface area contributed by atoms with E-state index in [-0.39, 0.29) is 24.4 Å². The number of primary amides is 1. The van der Waals surface area contributed by atoms with Crippen LogP contribution < -0.4 is 5.73 Å². The van der Waals surface area contributed by atoms with Crippen LogP contribution in [-0.2, 0) is 9.59 Å². The van der Waals surface area contributed by atoms with Crippen LogP contribution in [0.2, 0.25) is 0 Å². The van der Waals surface area contributed by atoms with E-state index in [9.17, 15) is 9.59 Å². The van der Waals surface area contributed by atoms with Gasteiger partial charge in [0, 0.05) is 6.04 Å². The lowest BCUT2D eigenvalue weighted by Crippen LogP contribution is -2.46. The van der Waals surface area contributed by atoms with Crippen molar-refractivity contribution in [1.82, 2.24) is 4.90 Å². The molecule has 5 nitrogen and oxygen atoms in total. The van der Waals surface area contributed by atoms with Crippen LogP contribution in [0.15, 0.2) is 0 Å². The van der Waals surface area contributed by atoms with Crippen LogP contribution in [0.5, 0.6) is 0 Å². The van der Waals surface area contributed by atoms with Gasteiger partial charge in [-0.3, -0.25) is 9.59 Å². The molecule has 1 atom stereocenters. The summed E-state index contributed by atoms with van der Waals surface area (Å²) in [4.78, 5) is 24.2. The number of nitrogens with two attached hydrogens (primary N) is 1. The van der Waals surface area contributed by atoms with E-state index < -0.39 is 11.8 Å². The lowest BCUT2D eigenvalue weighted by molar-refractivity contribution is -0.140. The second-order valence-corrected chi connectivity index (χ2v) is 4.38. The quantitative estimate of drug-likeness (QED) is 0.739. The minimum absolute atomic E-state index is 0.0772. The zero-order chi connectivity index (χ0) is 12.9. The molecule has 0 rings (SSSR count).